The van der Waals surface area contributed by atoms with Crippen molar-refractivity contribution in [3.8, 4) is 5.75 Å². The molecule has 1 atom stereocenters. The third-order valence-electron chi connectivity index (χ3n) is 4.09. The van der Waals surface area contributed by atoms with Gasteiger partial charge in [-0.3, -0.25) is 9.78 Å². The fourth-order valence-corrected chi connectivity index (χ4v) is 2.96. The van der Waals surface area contributed by atoms with E-state index in [2.05, 4.69) is 10.3 Å². The number of pyridine rings is 1. The van der Waals surface area contributed by atoms with Gasteiger partial charge in [0.05, 0.1) is 24.1 Å². The first-order valence-electron chi connectivity index (χ1n) is 6.91. The third kappa shape index (κ3) is 2.39. The molecule has 8 heteroatoms. The second-order valence-corrected chi connectivity index (χ2v) is 5.98. The van der Waals surface area contributed by atoms with Crippen LogP contribution in [0.25, 0.3) is 0 Å². The smallest absolute Gasteiger partial charge is 0.417 e. The summed E-state index contributed by atoms with van der Waals surface area (Å²) in [5.41, 5.74) is -1.58. The fourth-order valence-electron chi connectivity index (χ4n) is 2.79. The van der Waals surface area contributed by atoms with Crippen LogP contribution < -0.4 is 10.1 Å². The molecule has 0 radical (unpaired) electrons. The average molecular weight is 357 g/mol. The van der Waals surface area contributed by atoms with Crippen molar-refractivity contribution in [2.75, 3.05) is 12.4 Å². The Bertz CT molecular complexity index is 839. The predicted octanol–water partition coefficient (Wildman–Crippen LogP) is 4.02. The van der Waals surface area contributed by atoms with Gasteiger partial charge in [0.25, 0.3) is 0 Å². The minimum Gasteiger partial charge on any atom is -0.496 e. The summed E-state index contributed by atoms with van der Waals surface area (Å²) in [5, 5.41) is 2.84. The molecule has 2 aromatic rings. The fraction of sp³-hybridized carbons (Fsp3) is 0.250. The number of carbonyl (C=O) groups excluding carboxylic acids is 1. The number of nitrogens with zero attached hydrogens (tertiary/aromatic N) is 1. The quantitative estimate of drug-likeness (QED) is 0.884. The zero-order valence-electron chi connectivity index (χ0n) is 12.7. The molecular formula is C16H12ClF3N2O2. The van der Waals surface area contributed by atoms with Gasteiger partial charge in [0.2, 0.25) is 5.91 Å². The average Bonchev–Trinajstić information content (AvgIpc) is 2.78. The van der Waals surface area contributed by atoms with Gasteiger partial charge in [-0.2, -0.15) is 13.2 Å². The van der Waals surface area contributed by atoms with Gasteiger partial charge in [-0.25, -0.2) is 0 Å². The molecule has 1 aromatic heterocycles. The number of rotatable bonds is 2. The monoisotopic (exact) mass is 356 g/mol. The number of nitrogens with one attached hydrogen (secondary N) is 1. The number of hydrogen-bond donors (Lipinski definition) is 1. The molecule has 1 amide bonds. The van der Waals surface area contributed by atoms with Gasteiger partial charge in [0.1, 0.15) is 11.2 Å². The Kier molecular flexibility index (Phi) is 3.71. The molecule has 126 valence electrons. The Labute approximate surface area is 140 Å². The number of methoxy groups -OCH3 is 1. The Balaban J connectivity index is 2.21. The highest BCUT2D eigenvalue weighted by atomic mass is 35.5. The Hall–Kier alpha value is -2.28. The number of halogens is 4. The third-order valence-corrected chi connectivity index (χ3v) is 4.33. The highest BCUT2D eigenvalue weighted by Crippen LogP contribution is 2.46. The molecule has 1 aromatic carbocycles. The molecule has 4 nitrogen and oxygen atoms in total. The number of amides is 1. The van der Waals surface area contributed by atoms with E-state index in [1.165, 1.54) is 7.11 Å². The van der Waals surface area contributed by atoms with Gasteiger partial charge in [-0.1, -0.05) is 11.6 Å². The summed E-state index contributed by atoms with van der Waals surface area (Å²) in [6.45, 7) is 1.57. The van der Waals surface area contributed by atoms with E-state index in [9.17, 15) is 18.0 Å². The van der Waals surface area contributed by atoms with Crippen molar-refractivity contribution in [1.82, 2.24) is 4.98 Å². The number of ether oxygens (including phenoxy) is 1. The number of alkyl halides is 3. The van der Waals surface area contributed by atoms with Crippen LogP contribution >= 0.6 is 11.6 Å². The molecule has 3 rings (SSSR count). The van der Waals surface area contributed by atoms with E-state index in [1.807, 2.05) is 0 Å². The van der Waals surface area contributed by atoms with Crippen LogP contribution in [-0.4, -0.2) is 18.0 Å². The van der Waals surface area contributed by atoms with Crippen molar-refractivity contribution < 1.29 is 22.7 Å². The van der Waals surface area contributed by atoms with Gasteiger partial charge < -0.3 is 10.1 Å². The van der Waals surface area contributed by atoms with Crippen molar-refractivity contribution >= 4 is 23.2 Å². The van der Waals surface area contributed by atoms with Crippen LogP contribution in [0.1, 0.15) is 23.7 Å². The summed E-state index contributed by atoms with van der Waals surface area (Å²) in [6, 6.07) is 5.62. The topological polar surface area (TPSA) is 51.2 Å². The molecule has 1 unspecified atom stereocenters. The first kappa shape index (κ1) is 16.6. The number of anilines is 1. The zero-order valence-corrected chi connectivity index (χ0v) is 13.4. The molecule has 0 fully saturated rings. The minimum atomic E-state index is -4.54. The SMILES string of the molecule is COc1ccc(Cl)cc1C1(C)C(=O)Nc2cc(C(F)(F)F)cnc21. The van der Waals surface area contributed by atoms with Crippen molar-refractivity contribution in [3.05, 3.63) is 52.3 Å². The van der Waals surface area contributed by atoms with E-state index in [4.69, 9.17) is 16.3 Å². The van der Waals surface area contributed by atoms with Crippen molar-refractivity contribution in [3.63, 3.8) is 0 Å². The second-order valence-electron chi connectivity index (χ2n) is 5.54. The number of carbonyl (C=O) groups is 1. The first-order chi connectivity index (χ1) is 11.2. The van der Waals surface area contributed by atoms with E-state index in [0.717, 1.165) is 6.07 Å². The second kappa shape index (κ2) is 5.37. The number of benzene rings is 1. The predicted molar refractivity (Wildman–Crippen MR) is 82.3 cm³/mol. The van der Waals surface area contributed by atoms with E-state index in [-0.39, 0.29) is 11.4 Å². The Morgan fingerprint density at radius 3 is 2.62 bits per heavy atom. The number of fused-ring (bicyclic) bond motifs is 1. The van der Waals surface area contributed by atoms with Crippen molar-refractivity contribution in [1.29, 1.82) is 0 Å². The largest absolute Gasteiger partial charge is 0.496 e. The highest BCUT2D eigenvalue weighted by molar-refractivity contribution is 6.30. The lowest BCUT2D eigenvalue weighted by atomic mass is 9.79. The minimum absolute atomic E-state index is 0.0272. The van der Waals surface area contributed by atoms with Gasteiger partial charge in [0.15, 0.2) is 0 Å². The summed E-state index contributed by atoms with van der Waals surface area (Å²) in [7, 11) is 1.43. The zero-order chi connectivity index (χ0) is 17.7. The molecule has 0 bridgehead atoms. The van der Waals surface area contributed by atoms with Crippen LogP contribution in [0.4, 0.5) is 18.9 Å². The molecule has 24 heavy (non-hydrogen) atoms. The maximum atomic E-state index is 12.9. The summed E-state index contributed by atoms with van der Waals surface area (Å²) in [5.74, 6) is -0.100. The summed E-state index contributed by atoms with van der Waals surface area (Å²) in [6.07, 6.45) is -3.83. The summed E-state index contributed by atoms with van der Waals surface area (Å²) in [4.78, 5) is 16.5. The molecule has 0 aliphatic carbocycles. The molecule has 1 aliphatic rings. The molecule has 1 aliphatic heterocycles. The highest BCUT2D eigenvalue weighted by Gasteiger charge is 2.48. The van der Waals surface area contributed by atoms with Gasteiger partial charge in [-0.05, 0) is 31.2 Å². The molecule has 0 spiro atoms. The normalized spacial score (nSPS) is 19.8. The first-order valence-corrected chi connectivity index (χ1v) is 7.29. The summed E-state index contributed by atoms with van der Waals surface area (Å²) < 4.78 is 43.8. The lowest BCUT2D eigenvalue weighted by Gasteiger charge is -2.24. The maximum Gasteiger partial charge on any atom is 0.417 e. The Morgan fingerprint density at radius 2 is 2.00 bits per heavy atom. The standard InChI is InChI=1S/C16H12ClF3N2O2/c1-15(10-6-9(17)3-4-12(10)24-2)13-11(22-14(15)23)5-8(7-21-13)16(18,19)20/h3-7H,1-2H3,(H,22,23). The van der Waals surface area contributed by atoms with Crippen LogP contribution in [0.5, 0.6) is 5.75 Å². The lowest BCUT2D eigenvalue weighted by Crippen LogP contribution is -2.33. The molecule has 2 heterocycles. The van der Waals surface area contributed by atoms with Gasteiger partial charge in [0, 0.05) is 16.8 Å². The molecule has 1 N–H and O–H groups in total. The number of aromatic nitrogens is 1. The van der Waals surface area contributed by atoms with Crippen LogP contribution in [0, 0.1) is 0 Å². The van der Waals surface area contributed by atoms with Crippen LogP contribution in [0.15, 0.2) is 30.5 Å². The van der Waals surface area contributed by atoms with Crippen molar-refractivity contribution in [2.24, 2.45) is 0 Å². The molecule has 0 saturated heterocycles. The molecular weight excluding hydrogens is 345 g/mol. The van der Waals surface area contributed by atoms with Crippen LogP contribution in [-0.2, 0) is 16.4 Å². The van der Waals surface area contributed by atoms with Crippen LogP contribution in [0.3, 0.4) is 0 Å². The van der Waals surface area contributed by atoms with E-state index >= 15 is 0 Å². The van der Waals surface area contributed by atoms with Gasteiger partial charge in [-0.15, -0.1) is 0 Å². The number of hydrogen-bond acceptors (Lipinski definition) is 3. The Morgan fingerprint density at radius 1 is 1.29 bits per heavy atom. The van der Waals surface area contributed by atoms with E-state index in [0.29, 0.717) is 22.5 Å². The van der Waals surface area contributed by atoms with Gasteiger partial charge >= 0.3 is 6.18 Å². The summed E-state index contributed by atoms with van der Waals surface area (Å²) >= 11 is 6.02. The van der Waals surface area contributed by atoms with E-state index in [1.54, 1.807) is 25.1 Å². The maximum absolute atomic E-state index is 12.9. The van der Waals surface area contributed by atoms with Crippen LogP contribution in [0.2, 0.25) is 5.02 Å². The lowest BCUT2D eigenvalue weighted by molar-refractivity contribution is -0.137. The molecule has 0 saturated carbocycles. The van der Waals surface area contributed by atoms with E-state index < -0.39 is 23.1 Å². The van der Waals surface area contributed by atoms with Crippen molar-refractivity contribution in [2.45, 2.75) is 18.5 Å².